The van der Waals surface area contributed by atoms with E-state index < -0.39 is 15.8 Å². The van der Waals surface area contributed by atoms with E-state index in [4.69, 9.17) is 5.73 Å². The lowest BCUT2D eigenvalue weighted by Gasteiger charge is -2.16. The maximum absolute atomic E-state index is 13.3. The molecule has 1 rings (SSSR count). The summed E-state index contributed by atoms with van der Waals surface area (Å²) < 4.78 is 40.3. The number of sulfonamides is 1. The Morgan fingerprint density at radius 2 is 2.05 bits per heavy atom. The molecule has 0 aliphatic rings. The highest BCUT2D eigenvalue weighted by molar-refractivity contribution is 7.89. The van der Waals surface area contributed by atoms with E-state index in [1.165, 1.54) is 12.1 Å². The molecule has 0 amide bonds. The number of hydrogen-bond acceptors (Lipinski definition) is 3. The van der Waals surface area contributed by atoms with Gasteiger partial charge in [-0.25, -0.2) is 17.5 Å². The Balaban J connectivity index is 2.99. The molecule has 0 spiro atoms. The van der Waals surface area contributed by atoms with Gasteiger partial charge in [0.1, 0.15) is 5.82 Å². The van der Waals surface area contributed by atoms with Gasteiger partial charge in [-0.2, -0.15) is 0 Å². The van der Waals surface area contributed by atoms with E-state index in [2.05, 4.69) is 4.72 Å². The summed E-state index contributed by atoms with van der Waals surface area (Å²) in [6.07, 6.45) is 2.40. The van der Waals surface area contributed by atoms with Gasteiger partial charge in [-0.15, -0.1) is 0 Å². The van der Waals surface area contributed by atoms with Crippen molar-refractivity contribution in [3.05, 3.63) is 29.6 Å². The lowest BCUT2D eigenvalue weighted by molar-refractivity contribution is 0.512. The van der Waals surface area contributed by atoms with Crippen molar-refractivity contribution in [3.8, 4) is 0 Å². The molecule has 0 aliphatic carbocycles. The summed E-state index contributed by atoms with van der Waals surface area (Å²) in [5.41, 5.74) is 5.58. The van der Waals surface area contributed by atoms with Gasteiger partial charge in [0, 0.05) is 18.2 Å². The molecule has 0 fully saturated rings. The molecule has 0 saturated carbocycles. The zero-order valence-electron chi connectivity index (χ0n) is 11.3. The summed E-state index contributed by atoms with van der Waals surface area (Å²) in [4.78, 5) is 0.0592. The molecule has 108 valence electrons. The second kappa shape index (κ2) is 6.98. The molecular weight excluding hydrogens is 267 g/mol. The van der Waals surface area contributed by atoms with E-state index >= 15 is 0 Å². The predicted molar refractivity (Wildman–Crippen MR) is 73.6 cm³/mol. The highest BCUT2D eigenvalue weighted by Crippen LogP contribution is 2.16. The molecule has 3 N–H and O–H groups in total. The fraction of sp³-hybridized carbons (Fsp3) is 0.538. The minimum atomic E-state index is -3.62. The van der Waals surface area contributed by atoms with Gasteiger partial charge in [0.25, 0.3) is 0 Å². The lowest BCUT2D eigenvalue weighted by atomic mass is 10.1. The number of benzene rings is 1. The summed E-state index contributed by atoms with van der Waals surface area (Å²) in [6, 6.07) is 3.59. The summed E-state index contributed by atoms with van der Waals surface area (Å²) in [5, 5.41) is 0. The number of nitrogens with one attached hydrogen (secondary N) is 1. The minimum Gasteiger partial charge on any atom is -0.326 e. The monoisotopic (exact) mass is 288 g/mol. The van der Waals surface area contributed by atoms with Crippen molar-refractivity contribution in [2.45, 2.75) is 50.6 Å². The molecule has 0 aliphatic heterocycles. The molecule has 19 heavy (non-hydrogen) atoms. The first-order chi connectivity index (χ1) is 8.94. The van der Waals surface area contributed by atoms with Crippen molar-refractivity contribution in [2.75, 3.05) is 0 Å². The van der Waals surface area contributed by atoms with Gasteiger partial charge in [0.15, 0.2) is 0 Å². The molecule has 0 bridgehead atoms. The second-order valence-electron chi connectivity index (χ2n) is 4.47. The molecule has 1 aromatic rings. The van der Waals surface area contributed by atoms with Gasteiger partial charge < -0.3 is 5.73 Å². The highest BCUT2D eigenvalue weighted by atomic mass is 32.2. The van der Waals surface area contributed by atoms with Crippen LogP contribution >= 0.6 is 0 Å². The molecule has 4 nitrogen and oxygen atoms in total. The highest BCUT2D eigenvalue weighted by Gasteiger charge is 2.19. The lowest BCUT2D eigenvalue weighted by Crippen LogP contribution is -2.34. The van der Waals surface area contributed by atoms with Crippen LogP contribution in [0, 0.1) is 5.82 Å². The van der Waals surface area contributed by atoms with E-state index in [0.29, 0.717) is 0 Å². The Hall–Kier alpha value is -0.980. The first kappa shape index (κ1) is 16.1. The number of hydrogen-bond donors (Lipinski definition) is 2. The van der Waals surface area contributed by atoms with Crippen LogP contribution in [0.5, 0.6) is 0 Å². The van der Waals surface area contributed by atoms with Gasteiger partial charge in [-0.05, 0) is 31.0 Å². The smallest absolute Gasteiger partial charge is 0.240 e. The topological polar surface area (TPSA) is 72.2 Å². The van der Waals surface area contributed by atoms with E-state index in [-0.39, 0.29) is 23.0 Å². The Bertz CT molecular complexity index is 517. The molecule has 6 heteroatoms. The van der Waals surface area contributed by atoms with Crippen molar-refractivity contribution < 1.29 is 12.8 Å². The van der Waals surface area contributed by atoms with Gasteiger partial charge >= 0.3 is 0 Å². The Morgan fingerprint density at radius 3 is 2.58 bits per heavy atom. The van der Waals surface area contributed by atoms with E-state index in [1.807, 2.05) is 13.8 Å². The van der Waals surface area contributed by atoms with Crippen molar-refractivity contribution >= 4 is 10.0 Å². The molecule has 0 heterocycles. The van der Waals surface area contributed by atoms with E-state index in [0.717, 1.165) is 25.3 Å². The molecule has 1 atom stereocenters. The van der Waals surface area contributed by atoms with E-state index in [1.54, 1.807) is 0 Å². The zero-order valence-corrected chi connectivity index (χ0v) is 12.1. The number of halogens is 1. The van der Waals surface area contributed by atoms with Crippen LogP contribution in [0.15, 0.2) is 23.1 Å². The van der Waals surface area contributed by atoms with Crippen LogP contribution in [0.3, 0.4) is 0 Å². The quantitative estimate of drug-likeness (QED) is 0.807. The largest absolute Gasteiger partial charge is 0.326 e. The van der Waals surface area contributed by atoms with Gasteiger partial charge in [0.05, 0.1) is 4.90 Å². The van der Waals surface area contributed by atoms with Crippen LogP contribution in [0.2, 0.25) is 0 Å². The fourth-order valence-electron chi connectivity index (χ4n) is 1.86. The zero-order chi connectivity index (χ0) is 14.5. The van der Waals surface area contributed by atoms with Crippen molar-refractivity contribution in [3.63, 3.8) is 0 Å². The molecule has 0 radical (unpaired) electrons. The van der Waals surface area contributed by atoms with Crippen molar-refractivity contribution in [1.82, 2.24) is 4.72 Å². The SMILES string of the molecule is CCCC(CC)NS(=O)(=O)c1ccc(F)c(CN)c1. The Morgan fingerprint density at radius 1 is 1.37 bits per heavy atom. The third-order valence-electron chi connectivity index (χ3n) is 3.00. The average molecular weight is 288 g/mol. The first-order valence-corrected chi connectivity index (χ1v) is 7.93. The van der Waals surface area contributed by atoms with Crippen LogP contribution in [0.4, 0.5) is 4.39 Å². The number of rotatable bonds is 7. The van der Waals surface area contributed by atoms with Crippen molar-refractivity contribution in [1.29, 1.82) is 0 Å². The Kier molecular flexibility index (Phi) is 5.90. The van der Waals surface area contributed by atoms with Crippen molar-refractivity contribution in [2.24, 2.45) is 5.73 Å². The van der Waals surface area contributed by atoms with E-state index in [9.17, 15) is 12.8 Å². The Labute approximate surface area is 114 Å². The predicted octanol–water partition coefficient (Wildman–Crippen LogP) is 2.14. The van der Waals surface area contributed by atoms with Crippen LogP contribution in [0.1, 0.15) is 38.7 Å². The molecule has 0 aromatic heterocycles. The average Bonchev–Trinajstić information content (AvgIpc) is 2.38. The fourth-order valence-corrected chi connectivity index (χ4v) is 3.26. The first-order valence-electron chi connectivity index (χ1n) is 6.45. The van der Waals surface area contributed by atoms with Gasteiger partial charge in [-0.1, -0.05) is 20.3 Å². The van der Waals surface area contributed by atoms with Crippen LogP contribution in [0.25, 0.3) is 0 Å². The van der Waals surface area contributed by atoms with Crippen LogP contribution < -0.4 is 10.5 Å². The summed E-state index contributed by atoms with van der Waals surface area (Å²) in [5.74, 6) is -0.484. The maximum atomic E-state index is 13.3. The molecule has 0 saturated heterocycles. The third kappa shape index (κ3) is 4.26. The molecular formula is C13H21FN2O2S. The molecule has 1 aromatic carbocycles. The van der Waals surface area contributed by atoms with Gasteiger partial charge in [0.2, 0.25) is 10.0 Å². The normalized spacial score (nSPS) is 13.5. The van der Waals surface area contributed by atoms with Crippen LogP contribution in [-0.2, 0) is 16.6 Å². The summed E-state index contributed by atoms with van der Waals surface area (Å²) in [7, 11) is -3.62. The number of nitrogens with two attached hydrogens (primary N) is 1. The minimum absolute atomic E-state index is 0.0264. The summed E-state index contributed by atoms with van der Waals surface area (Å²) >= 11 is 0. The second-order valence-corrected chi connectivity index (χ2v) is 6.19. The van der Waals surface area contributed by atoms with Crippen LogP contribution in [-0.4, -0.2) is 14.5 Å². The maximum Gasteiger partial charge on any atom is 0.240 e. The third-order valence-corrected chi connectivity index (χ3v) is 4.52. The van der Waals surface area contributed by atoms with Gasteiger partial charge in [-0.3, -0.25) is 0 Å². The standard InChI is InChI=1S/C13H21FN2O2S/c1-3-5-11(4-2)16-19(17,18)12-6-7-13(14)10(8-12)9-15/h6-8,11,16H,3-5,9,15H2,1-2H3. The summed E-state index contributed by atoms with van der Waals surface area (Å²) in [6.45, 7) is 3.90. The molecule has 1 unspecified atom stereocenters.